The third-order valence-electron chi connectivity index (χ3n) is 3.09. The topological polar surface area (TPSA) is 0 Å². The van der Waals surface area contributed by atoms with Crippen LogP contribution in [0.25, 0.3) is 11.1 Å². The van der Waals surface area contributed by atoms with E-state index in [1.807, 2.05) is 0 Å². The van der Waals surface area contributed by atoms with Gasteiger partial charge in [0.2, 0.25) is 0 Å². The van der Waals surface area contributed by atoms with Crippen molar-refractivity contribution >= 4 is 0 Å². The number of hydrogen-bond donors (Lipinski definition) is 0. The van der Waals surface area contributed by atoms with E-state index in [1.54, 1.807) is 0 Å². The van der Waals surface area contributed by atoms with Crippen LogP contribution in [-0.2, 0) is 32.3 Å². The minimum Gasteiger partial charge on any atom is -1.00 e. The maximum absolute atomic E-state index is 3.45. The van der Waals surface area contributed by atoms with Crippen LogP contribution in [0.1, 0.15) is 22.3 Å². The molecule has 3 rings (SSSR count). The maximum atomic E-state index is 3.45. The van der Waals surface area contributed by atoms with E-state index in [2.05, 4.69) is 50.2 Å². The molecule has 0 aliphatic heterocycles. The van der Waals surface area contributed by atoms with Gasteiger partial charge in [-0.15, -0.1) is 11.1 Å². The van der Waals surface area contributed by atoms with Crippen molar-refractivity contribution in [3.05, 3.63) is 58.7 Å². The second-order valence-corrected chi connectivity index (χ2v) is 4.37. The van der Waals surface area contributed by atoms with Crippen molar-refractivity contribution in [1.82, 2.24) is 0 Å². The zero-order valence-electron chi connectivity index (χ0n) is 10.3. The van der Waals surface area contributed by atoms with Crippen LogP contribution in [0.15, 0.2) is 30.3 Å². The number of benzene rings is 2. The van der Waals surface area contributed by atoms with Gasteiger partial charge in [-0.2, -0.15) is 23.8 Å². The number of halogens is 2. The molecular formula is C15H13Cl2Hf-3. The molecule has 0 nitrogen and oxygen atoms in total. The molecule has 0 N–H and O–H groups in total. The van der Waals surface area contributed by atoms with Crippen LogP contribution in [0.3, 0.4) is 0 Å². The second kappa shape index (κ2) is 6.88. The summed E-state index contributed by atoms with van der Waals surface area (Å²) < 4.78 is 0. The molecule has 1 aliphatic carbocycles. The van der Waals surface area contributed by atoms with Gasteiger partial charge in [-0.1, -0.05) is 36.2 Å². The Morgan fingerprint density at radius 2 is 1.61 bits per heavy atom. The van der Waals surface area contributed by atoms with Crippen molar-refractivity contribution in [1.29, 1.82) is 0 Å². The van der Waals surface area contributed by atoms with E-state index in [-0.39, 0.29) is 50.7 Å². The zero-order chi connectivity index (χ0) is 10.4. The molecule has 2 aromatic carbocycles. The van der Waals surface area contributed by atoms with Gasteiger partial charge in [0.15, 0.2) is 0 Å². The fraction of sp³-hybridized carbons (Fsp3) is 0.200. The molecule has 2 aromatic rings. The standard InChI is InChI=1S/C15H13.2ClH.Hf/c1-10-3-5-14-12(7-10)9-13-8-11(2)4-6-15(13)14;;;/h3-7H,9H2,1-2H3;2*1H;/q-1;;;/p-2. The van der Waals surface area contributed by atoms with E-state index < -0.39 is 0 Å². The molecule has 0 saturated carbocycles. The second-order valence-electron chi connectivity index (χ2n) is 4.37. The maximum Gasteiger partial charge on any atom is 0 e. The minimum atomic E-state index is 0. The Kier molecular flexibility index (Phi) is 6.84. The number of fused-ring (bicyclic) bond motifs is 3. The van der Waals surface area contributed by atoms with E-state index in [0.717, 1.165) is 6.42 Å². The Hall–Kier alpha value is -0.110. The van der Waals surface area contributed by atoms with Crippen LogP contribution in [0.5, 0.6) is 0 Å². The van der Waals surface area contributed by atoms with Gasteiger partial charge in [0.1, 0.15) is 0 Å². The molecule has 0 fully saturated rings. The number of aryl methyl sites for hydroxylation is 2. The molecule has 0 amide bonds. The number of hydrogen-bond acceptors (Lipinski definition) is 0. The van der Waals surface area contributed by atoms with Crippen molar-refractivity contribution < 1.29 is 50.7 Å². The molecular weight excluding hydrogens is 430 g/mol. The van der Waals surface area contributed by atoms with E-state index >= 15 is 0 Å². The van der Waals surface area contributed by atoms with Crippen molar-refractivity contribution in [3.63, 3.8) is 0 Å². The molecule has 1 aliphatic rings. The largest absolute Gasteiger partial charge is 1.00 e. The van der Waals surface area contributed by atoms with Crippen molar-refractivity contribution in [3.8, 4) is 11.1 Å². The summed E-state index contributed by atoms with van der Waals surface area (Å²) in [5.41, 5.74) is 8.15. The third kappa shape index (κ3) is 3.07. The quantitative estimate of drug-likeness (QED) is 0.271. The van der Waals surface area contributed by atoms with E-state index in [4.69, 9.17) is 0 Å². The molecule has 0 saturated heterocycles. The van der Waals surface area contributed by atoms with Crippen LogP contribution in [-0.4, -0.2) is 0 Å². The zero-order valence-corrected chi connectivity index (χ0v) is 15.5. The van der Waals surface area contributed by atoms with Crippen LogP contribution in [0, 0.1) is 19.9 Å². The smallest absolute Gasteiger partial charge is 0 e. The summed E-state index contributed by atoms with van der Waals surface area (Å²) in [5, 5.41) is 0. The fourth-order valence-corrected chi connectivity index (χ4v) is 2.37. The summed E-state index contributed by atoms with van der Waals surface area (Å²) in [6.07, 6.45) is 1.05. The molecule has 0 spiro atoms. The summed E-state index contributed by atoms with van der Waals surface area (Å²) in [7, 11) is 0. The molecule has 0 atom stereocenters. The van der Waals surface area contributed by atoms with Gasteiger partial charge in [-0.3, -0.25) is 0 Å². The molecule has 94 valence electrons. The van der Waals surface area contributed by atoms with Crippen molar-refractivity contribution in [2.75, 3.05) is 0 Å². The van der Waals surface area contributed by atoms with Gasteiger partial charge < -0.3 is 24.8 Å². The first-order chi connectivity index (χ1) is 7.24. The molecule has 0 radical (unpaired) electrons. The average Bonchev–Trinajstić information content (AvgIpc) is 2.53. The Labute approximate surface area is 140 Å². The first-order valence-electron chi connectivity index (χ1n) is 5.36. The normalized spacial score (nSPS) is 10.3. The average molecular weight is 443 g/mol. The number of rotatable bonds is 0. The van der Waals surface area contributed by atoms with Gasteiger partial charge >= 0.3 is 0 Å². The predicted octanol–water partition coefficient (Wildman–Crippen LogP) is -2.32. The summed E-state index contributed by atoms with van der Waals surface area (Å²) >= 11 is 0. The van der Waals surface area contributed by atoms with Crippen LogP contribution in [0.4, 0.5) is 0 Å². The first kappa shape index (κ1) is 17.9. The molecule has 18 heavy (non-hydrogen) atoms. The van der Waals surface area contributed by atoms with Gasteiger partial charge in [-0.25, -0.2) is 0 Å². The monoisotopic (exact) mass is 443 g/mol. The third-order valence-corrected chi connectivity index (χ3v) is 3.09. The Balaban J connectivity index is 0.000000963. The summed E-state index contributed by atoms with van der Waals surface area (Å²) in [6.45, 7) is 4.26. The summed E-state index contributed by atoms with van der Waals surface area (Å²) in [6, 6.07) is 14.5. The van der Waals surface area contributed by atoms with Crippen molar-refractivity contribution in [2.45, 2.75) is 20.3 Å². The minimum absolute atomic E-state index is 0. The van der Waals surface area contributed by atoms with E-state index in [1.165, 1.54) is 33.4 Å². The molecule has 0 unspecified atom stereocenters. The summed E-state index contributed by atoms with van der Waals surface area (Å²) in [5.74, 6) is 0. The van der Waals surface area contributed by atoms with Gasteiger partial charge in [0.25, 0.3) is 0 Å². The van der Waals surface area contributed by atoms with Crippen molar-refractivity contribution in [2.24, 2.45) is 0 Å². The van der Waals surface area contributed by atoms with Crippen LogP contribution < -0.4 is 24.8 Å². The van der Waals surface area contributed by atoms with E-state index in [0.29, 0.717) is 0 Å². The first-order valence-corrected chi connectivity index (χ1v) is 5.36. The molecule has 0 bridgehead atoms. The van der Waals surface area contributed by atoms with E-state index in [9.17, 15) is 0 Å². The van der Waals surface area contributed by atoms with Crippen LogP contribution >= 0.6 is 0 Å². The Morgan fingerprint density at radius 3 is 2.33 bits per heavy atom. The predicted molar refractivity (Wildman–Crippen MR) is 63.0 cm³/mol. The van der Waals surface area contributed by atoms with Crippen LogP contribution in [0.2, 0.25) is 0 Å². The Bertz CT molecular complexity index is 501. The van der Waals surface area contributed by atoms with Gasteiger partial charge in [0, 0.05) is 25.8 Å². The Morgan fingerprint density at radius 1 is 0.944 bits per heavy atom. The van der Waals surface area contributed by atoms with Gasteiger partial charge in [-0.05, 0) is 18.9 Å². The molecule has 0 aromatic heterocycles. The summed E-state index contributed by atoms with van der Waals surface area (Å²) in [4.78, 5) is 0. The van der Waals surface area contributed by atoms with Gasteiger partial charge in [0.05, 0.1) is 0 Å². The fourth-order valence-electron chi connectivity index (χ4n) is 2.37. The molecule has 0 heterocycles. The SMILES string of the molecule is Cc1[c-]c2c(cc1)-c1ccc(C)cc1C2.[Cl-].[Cl-].[Hf]. The molecule has 3 heteroatoms.